The van der Waals surface area contributed by atoms with Crippen molar-refractivity contribution >= 4 is 17.9 Å². The number of rotatable bonds is 58. The summed E-state index contributed by atoms with van der Waals surface area (Å²) >= 11 is 0. The van der Waals surface area contributed by atoms with Crippen molar-refractivity contribution in [2.45, 2.75) is 297 Å². The third kappa shape index (κ3) is 64.3. The Morgan fingerprint density at radius 2 is 0.494 bits per heavy atom. The predicted molar refractivity (Wildman–Crippen MR) is 343 cm³/mol. The van der Waals surface area contributed by atoms with Crippen molar-refractivity contribution in [3.05, 3.63) is 134 Å². The predicted octanol–water partition coefficient (Wildman–Crippen LogP) is 22.5. The SMILES string of the molecule is CC/C=C\C/C=C\C/C=C\C/C=C\C/C=C\C/C=C\CCCCCCCCCCCCCCCCC(=O)OCC(COC(=O)CCCCCCC/C=C\CCCCCC)OC(=O)CCCC/C=C\C/C=C\C/C=C\C/C=C\CC. The number of carbonyl (C=O) groups is 3. The van der Waals surface area contributed by atoms with E-state index in [9.17, 15) is 14.4 Å². The van der Waals surface area contributed by atoms with Gasteiger partial charge >= 0.3 is 17.9 Å². The van der Waals surface area contributed by atoms with Crippen LogP contribution in [0.4, 0.5) is 0 Å². The summed E-state index contributed by atoms with van der Waals surface area (Å²) in [5, 5.41) is 0. The molecule has 6 heteroatoms. The Morgan fingerprint density at radius 1 is 0.266 bits per heavy atom. The van der Waals surface area contributed by atoms with E-state index in [-0.39, 0.29) is 37.5 Å². The smallest absolute Gasteiger partial charge is 0.306 e. The zero-order valence-electron chi connectivity index (χ0n) is 51.3. The highest BCUT2D eigenvalue weighted by molar-refractivity contribution is 5.71. The molecule has 0 spiro atoms. The molecule has 0 aromatic heterocycles. The molecule has 1 atom stereocenters. The highest BCUT2D eigenvalue weighted by atomic mass is 16.6. The Labute approximate surface area is 487 Å². The third-order valence-corrected chi connectivity index (χ3v) is 13.6. The Balaban J connectivity index is 4.23. The maximum Gasteiger partial charge on any atom is 0.306 e. The van der Waals surface area contributed by atoms with Crippen LogP contribution < -0.4 is 0 Å². The van der Waals surface area contributed by atoms with Gasteiger partial charge in [-0.3, -0.25) is 14.4 Å². The van der Waals surface area contributed by atoms with Gasteiger partial charge in [-0.05, 0) is 135 Å². The number of ether oxygens (including phenoxy) is 3. The van der Waals surface area contributed by atoms with Crippen LogP contribution in [0.5, 0.6) is 0 Å². The highest BCUT2D eigenvalue weighted by Gasteiger charge is 2.19. The lowest BCUT2D eigenvalue weighted by molar-refractivity contribution is -0.167. The standard InChI is InChI=1S/C73H120O6/c1-4-7-10-13-16-19-22-25-27-28-29-30-31-32-33-34-35-36-37-38-39-40-41-42-43-44-46-48-51-54-57-60-63-66-72(75)78-69-70(68-77-71(74)65-62-59-56-53-50-47-24-21-18-15-12-9-6-3)79-73(76)67-64-61-58-55-52-49-45-26-23-20-17-14-11-8-5-2/h7-8,10-11,16-17,19-21,24-27,29-30,32-33,35-36,45,52,55,70H,4-6,9,12-15,18,22-23,28,31,34,37-44,46-51,53-54,56-69H2,1-3H3/b10-7-,11-8-,19-16-,20-17-,24-21-,27-25-,30-29-,33-32-,36-35-,45-26-,55-52-. The number of hydrogen-bond donors (Lipinski definition) is 0. The van der Waals surface area contributed by atoms with Crippen LogP contribution in [0, 0.1) is 0 Å². The molecule has 0 aliphatic heterocycles. The summed E-state index contributed by atoms with van der Waals surface area (Å²) < 4.78 is 16.9. The van der Waals surface area contributed by atoms with Crippen LogP contribution in [0.1, 0.15) is 290 Å². The van der Waals surface area contributed by atoms with Crippen molar-refractivity contribution < 1.29 is 28.6 Å². The lowest BCUT2D eigenvalue weighted by Crippen LogP contribution is -2.30. The van der Waals surface area contributed by atoms with Crippen LogP contribution in [-0.4, -0.2) is 37.2 Å². The van der Waals surface area contributed by atoms with Crippen molar-refractivity contribution in [1.82, 2.24) is 0 Å². The van der Waals surface area contributed by atoms with Crippen LogP contribution >= 0.6 is 0 Å². The lowest BCUT2D eigenvalue weighted by atomic mass is 10.0. The van der Waals surface area contributed by atoms with E-state index >= 15 is 0 Å². The fraction of sp³-hybridized carbons (Fsp3) is 0.658. The number of hydrogen-bond acceptors (Lipinski definition) is 6. The normalized spacial score (nSPS) is 13.0. The van der Waals surface area contributed by atoms with Gasteiger partial charge in [0, 0.05) is 19.3 Å². The number of esters is 3. The number of carbonyl (C=O) groups excluding carboxylic acids is 3. The average Bonchev–Trinajstić information content (AvgIpc) is 3.45. The molecular formula is C73H120O6. The maximum atomic E-state index is 12.9. The zero-order chi connectivity index (χ0) is 57.1. The maximum absolute atomic E-state index is 12.9. The monoisotopic (exact) mass is 1090 g/mol. The molecule has 0 N–H and O–H groups in total. The number of allylic oxidation sites excluding steroid dienone is 22. The Hall–Kier alpha value is -4.45. The molecule has 0 heterocycles. The quantitative estimate of drug-likeness (QED) is 0.0261. The molecule has 0 aliphatic rings. The fourth-order valence-corrected chi connectivity index (χ4v) is 8.79. The summed E-state index contributed by atoms with van der Waals surface area (Å²) in [6.07, 6.45) is 93.3. The molecule has 448 valence electrons. The van der Waals surface area contributed by atoms with Crippen molar-refractivity contribution in [3.8, 4) is 0 Å². The minimum Gasteiger partial charge on any atom is -0.462 e. The van der Waals surface area contributed by atoms with E-state index in [1.54, 1.807) is 0 Å². The van der Waals surface area contributed by atoms with Crippen LogP contribution in [0.25, 0.3) is 0 Å². The van der Waals surface area contributed by atoms with Crippen LogP contribution in [0.2, 0.25) is 0 Å². The average molecular weight is 1090 g/mol. The van der Waals surface area contributed by atoms with Crippen LogP contribution in [0.3, 0.4) is 0 Å². The minimum absolute atomic E-state index is 0.0991. The molecule has 0 saturated carbocycles. The first kappa shape index (κ1) is 74.5. The molecule has 0 rings (SSSR count). The second kappa shape index (κ2) is 66.1. The van der Waals surface area contributed by atoms with Crippen molar-refractivity contribution in [3.63, 3.8) is 0 Å². The Morgan fingerprint density at radius 3 is 0.810 bits per heavy atom. The molecule has 79 heavy (non-hydrogen) atoms. The molecule has 6 nitrogen and oxygen atoms in total. The minimum atomic E-state index is -0.806. The highest BCUT2D eigenvalue weighted by Crippen LogP contribution is 2.16. The van der Waals surface area contributed by atoms with Crippen molar-refractivity contribution in [2.75, 3.05) is 13.2 Å². The molecule has 0 amide bonds. The van der Waals surface area contributed by atoms with Crippen LogP contribution in [-0.2, 0) is 28.6 Å². The van der Waals surface area contributed by atoms with E-state index in [1.165, 1.54) is 116 Å². The summed E-state index contributed by atoms with van der Waals surface area (Å²) in [5.74, 6) is -0.948. The second-order valence-electron chi connectivity index (χ2n) is 21.3. The van der Waals surface area contributed by atoms with Gasteiger partial charge in [0.2, 0.25) is 0 Å². The van der Waals surface area contributed by atoms with Crippen molar-refractivity contribution in [1.29, 1.82) is 0 Å². The van der Waals surface area contributed by atoms with E-state index in [0.29, 0.717) is 19.3 Å². The number of unbranched alkanes of at least 4 members (excludes halogenated alkanes) is 25. The lowest BCUT2D eigenvalue weighted by Gasteiger charge is -2.18. The first-order valence-corrected chi connectivity index (χ1v) is 32.7. The molecule has 1 unspecified atom stereocenters. The fourth-order valence-electron chi connectivity index (χ4n) is 8.79. The van der Waals surface area contributed by atoms with Gasteiger partial charge < -0.3 is 14.2 Å². The summed E-state index contributed by atoms with van der Waals surface area (Å²) in [6, 6.07) is 0. The van der Waals surface area contributed by atoms with Gasteiger partial charge in [0.1, 0.15) is 13.2 Å². The van der Waals surface area contributed by atoms with E-state index in [0.717, 1.165) is 128 Å². The Kier molecular flexibility index (Phi) is 62.3. The molecule has 0 radical (unpaired) electrons. The van der Waals surface area contributed by atoms with Gasteiger partial charge in [-0.1, -0.05) is 270 Å². The van der Waals surface area contributed by atoms with Crippen LogP contribution in [0.15, 0.2) is 134 Å². The van der Waals surface area contributed by atoms with Crippen molar-refractivity contribution in [2.24, 2.45) is 0 Å². The largest absolute Gasteiger partial charge is 0.462 e. The molecule has 0 bridgehead atoms. The molecule has 0 aromatic rings. The topological polar surface area (TPSA) is 78.9 Å². The van der Waals surface area contributed by atoms with E-state index in [1.807, 2.05) is 0 Å². The van der Waals surface area contributed by atoms with Gasteiger partial charge in [-0.2, -0.15) is 0 Å². The first-order valence-electron chi connectivity index (χ1n) is 32.7. The molecule has 0 saturated heterocycles. The molecule has 0 aliphatic carbocycles. The molecule has 0 fully saturated rings. The zero-order valence-corrected chi connectivity index (χ0v) is 51.3. The van der Waals surface area contributed by atoms with E-state index in [4.69, 9.17) is 14.2 Å². The Bertz CT molecular complexity index is 1680. The van der Waals surface area contributed by atoms with E-state index in [2.05, 4.69) is 154 Å². The third-order valence-electron chi connectivity index (χ3n) is 13.6. The first-order chi connectivity index (χ1) is 39.0. The van der Waals surface area contributed by atoms with Gasteiger partial charge in [-0.25, -0.2) is 0 Å². The summed E-state index contributed by atoms with van der Waals surface area (Å²) in [4.78, 5) is 38.2. The molecule has 0 aromatic carbocycles. The summed E-state index contributed by atoms with van der Waals surface area (Å²) in [7, 11) is 0. The summed E-state index contributed by atoms with van der Waals surface area (Å²) in [6.45, 7) is 6.36. The van der Waals surface area contributed by atoms with Gasteiger partial charge in [-0.15, -0.1) is 0 Å². The van der Waals surface area contributed by atoms with Gasteiger partial charge in [0.25, 0.3) is 0 Å². The van der Waals surface area contributed by atoms with E-state index < -0.39 is 6.10 Å². The van der Waals surface area contributed by atoms with Gasteiger partial charge in [0.05, 0.1) is 0 Å². The molecular weight excluding hydrogens is 973 g/mol. The van der Waals surface area contributed by atoms with Gasteiger partial charge in [0.15, 0.2) is 6.10 Å². The second-order valence-corrected chi connectivity index (χ2v) is 21.3. The summed E-state index contributed by atoms with van der Waals surface area (Å²) in [5.41, 5.74) is 0.